The number of imidazole rings is 1. The highest BCUT2D eigenvalue weighted by atomic mass is 35.5. The topological polar surface area (TPSA) is 66.5 Å². The van der Waals surface area contributed by atoms with E-state index < -0.39 is 0 Å². The molecule has 2 rings (SSSR count). The maximum Gasteiger partial charge on any atom is 0.226 e. The number of halogens is 1. The molecule has 0 aliphatic carbocycles. The first kappa shape index (κ1) is 10.2. The molecule has 0 saturated carbocycles. The van der Waals surface area contributed by atoms with Crippen molar-refractivity contribution in [1.82, 2.24) is 19.9 Å². The summed E-state index contributed by atoms with van der Waals surface area (Å²) in [6, 6.07) is 0. The fourth-order valence-electron chi connectivity index (χ4n) is 1.25. The van der Waals surface area contributed by atoms with Gasteiger partial charge in [-0.3, -0.25) is 0 Å². The first-order chi connectivity index (χ1) is 6.96. The Morgan fingerprint density at radius 2 is 2.07 bits per heavy atom. The van der Waals surface area contributed by atoms with Gasteiger partial charge in [-0.05, 0) is 32.4 Å². The van der Waals surface area contributed by atoms with Gasteiger partial charge in [-0.2, -0.15) is 9.97 Å². The molecule has 80 valence electrons. The maximum absolute atomic E-state index is 5.79. The fourth-order valence-corrected chi connectivity index (χ4v) is 1.42. The molecule has 0 aliphatic heterocycles. The van der Waals surface area contributed by atoms with Gasteiger partial charge >= 0.3 is 0 Å². The van der Waals surface area contributed by atoms with Crippen molar-refractivity contribution in [2.45, 2.75) is 26.3 Å². The quantitative estimate of drug-likeness (QED) is 0.731. The molecule has 15 heavy (non-hydrogen) atoms. The van der Waals surface area contributed by atoms with E-state index >= 15 is 0 Å². The van der Waals surface area contributed by atoms with Crippen LogP contribution in [0.1, 0.15) is 20.8 Å². The molecule has 0 bridgehead atoms. The molecular formula is C9H12ClN5. The molecule has 0 radical (unpaired) electrons. The molecule has 2 heterocycles. The number of nitrogens with zero attached hydrogens (tertiary/aromatic N) is 3. The summed E-state index contributed by atoms with van der Waals surface area (Å²) in [5.41, 5.74) is 1.26. The molecule has 0 fully saturated rings. The van der Waals surface area contributed by atoms with Crippen LogP contribution in [0.15, 0.2) is 6.33 Å². The molecule has 0 amide bonds. The monoisotopic (exact) mass is 225 g/mol. The predicted molar refractivity (Wildman–Crippen MR) is 60.1 cm³/mol. The summed E-state index contributed by atoms with van der Waals surface area (Å²) in [6.45, 7) is 6.14. The van der Waals surface area contributed by atoms with Gasteiger partial charge in [0.2, 0.25) is 5.28 Å². The Morgan fingerprint density at radius 1 is 1.33 bits per heavy atom. The minimum atomic E-state index is -0.0876. The van der Waals surface area contributed by atoms with Crippen molar-refractivity contribution < 1.29 is 0 Å². The van der Waals surface area contributed by atoms with E-state index in [1.807, 2.05) is 20.8 Å². The van der Waals surface area contributed by atoms with Crippen molar-refractivity contribution in [2.24, 2.45) is 0 Å². The zero-order valence-electron chi connectivity index (χ0n) is 8.80. The fraction of sp³-hybridized carbons (Fsp3) is 0.444. The SMILES string of the molecule is CC(C)(C)Nc1nc(Cl)nc2nc[nH]c12. The largest absolute Gasteiger partial charge is 0.364 e. The molecule has 0 spiro atoms. The molecular weight excluding hydrogens is 214 g/mol. The van der Waals surface area contributed by atoms with Gasteiger partial charge in [0.25, 0.3) is 0 Å². The molecule has 0 atom stereocenters. The third kappa shape index (κ3) is 2.18. The Labute approximate surface area is 92.3 Å². The van der Waals surface area contributed by atoms with E-state index in [4.69, 9.17) is 11.6 Å². The summed E-state index contributed by atoms with van der Waals surface area (Å²) in [5, 5.41) is 3.44. The number of aromatic nitrogens is 4. The minimum absolute atomic E-state index is 0.0876. The highest BCUT2D eigenvalue weighted by molar-refractivity contribution is 6.28. The average Bonchev–Trinajstić information content (AvgIpc) is 2.48. The predicted octanol–water partition coefficient (Wildman–Crippen LogP) is 2.22. The van der Waals surface area contributed by atoms with Crippen molar-refractivity contribution in [3.05, 3.63) is 11.6 Å². The lowest BCUT2D eigenvalue weighted by molar-refractivity contribution is 0.631. The zero-order chi connectivity index (χ0) is 11.1. The van der Waals surface area contributed by atoms with Gasteiger partial charge in [0, 0.05) is 5.54 Å². The molecule has 5 nitrogen and oxygen atoms in total. The van der Waals surface area contributed by atoms with Crippen LogP contribution < -0.4 is 5.32 Å². The van der Waals surface area contributed by atoms with Gasteiger partial charge in [-0.15, -0.1) is 0 Å². The normalized spacial score (nSPS) is 12.0. The Bertz CT molecular complexity index is 485. The van der Waals surface area contributed by atoms with Crippen molar-refractivity contribution in [2.75, 3.05) is 5.32 Å². The number of fused-ring (bicyclic) bond motifs is 1. The second-order valence-corrected chi connectivity index (χ2v) is 4.66. The molecule has 0 unspecified atom stereocenters. The van der Waals surface area contributed by atoms with Gasteiger partial charge in [0.05, 0.1) is 6.33 Å². The number of hydrogen-bond donors (Lipinski definition) is 2. The van der Waals surface area contributed by atoms with Crippen LogP contribution in [0.25, 0.3) is 11.2 Å². The Balaban J connectivity index is 2.53. The summed E-state index contributed by atoms with van der Waals surface area (Å²) >= 11 is 5.79. The Hall–Kier alpha value is -1.36. The number of nitrogens with one attached hydrogen (secondary N) is 2. The van der Waals surface area contributed by atoms with Crippen LogP contribution >= 0.6 is 11.6 Å². The van der Waals surface area contributed by atoms with Crippen LogP contribution in [0, 0.1) is 0 Å². The molecule has 0 aliphatic rings. The number of aromatic amines is 1. The number of H-pyrrole nitrogens is 1. The van der Waals surface area contributed by atoms with E-state index in [0.717, 1.165) is 5.52 Å². The van der Waals surface area contributed by atoms with Crippen molar-refractivity contribution in [1.29, 1.82) is 0 Å². The van der Waals surface area contributed by atoms with Crippen LogP contribution in [0.3, 0.4) is 0 Å². The van der Waals surface area contributed by atoms with E-state index in [1.165, 1.54) is 0 Å². The van der Waals surface area contributed by atoms with E-state index in [1.54, 1.807) is 6.33 Å². The summed E-state index contributed by atoms with van der Waals surface area (Å²) in [7, 11) is 0. The van der Waals surface area contributed by atoms with E-state index in [0.29, 0.717) is 11.5 Å². The number of hydrogen-bond acceptors (Lipinski definition) is 4. The molecule has 0 aromatic carbocycles. The van der Waals surface area contributed by atoms with Crippen molar-refractivity contribution in [3.8, 4) is 0 Å². The highest BCUT2D eigenvalue weighted by Gasteiger charge is 2.15. The molecule has 2 N–H and O–H groups in total. The number of anilines is 1. The lowest BCUT2D eigenvalue weighted by atomic mass is 10.1. The van der Waals surface area contributed by atoms with Crippen molar-refractivity contribution >= 4 is 28.6 Å². The number of rotatable bonds is 1. The minimum Gasteiger partial charge on any atom is -0.364 e. The second kappa shape index (κ2) is 3.34. The first-order valence-electron chi connectivity index (χ1n) is 4.60. The third-order valence-electron chi connectivity index (χ3n) is 1.75. The van der Waals surface area contributed by atoms with Gasteiger partial charge in [-0.25, -0.2) is 4.98 Å². The van der Waals surface area contributed by atoms with Crippen molar-refractivity contribution in [3.63, 3.8) is 0 Å². The maximum atomic E-state index is 5.79. The third-order valence-corrected chi connectivity index (χ3v) is 1.92. The molecule has 6 heteroatoms. The van der Waals surface area contributed by atoms with Gasteiger partial charge in [0.1, 0.15) is 5.52 Å². The van der Waals surface area contributed by atoms with Crippen LogP contribution in [-0.2, 0) is 0 Å². The Morgan fingerprint density at radius 3 is 2.73 bits per heavy atom. The molecule has 0 saturated heterocycles. The first-order valence-corrected chi connectivity index (χ1v) is 4.98. The van der Waals surface area contributed by atoms with Crippen LogP contribution in [0.4, 0.5) is 5.82 Å². The molecule has 2 aromatic rings. The standard InChI is InChI=1S/C9H12ClN5/c1-9(2,3)15-7-5-6(12-4-11-5)13-8(10)14-7/h4H,1-3H3,(H2,11,12,13,14,15). The van der Waals surface area contributed by atoms with E-state index in [-0.39, 0.29) is 10.8 Å². The van der Waals surface area contributed by atoms with Crippen LogP contribution in [0.5, 0.6) is 0 Å². The van der Waals surface area contributed by atoms with Crippen LogP contribution in [0.2, 0.25) is 5.28 Å². The Kier molecular flexibility index (Phi) is 2.26. The van der Waals surface area contributed by atoms with Gasteiger partial charge in [0.15, 0.2) is 11.5 Å². The van der Waals surface area contributed by atoms with E-state index in [2.05, 4.69) is 25.3 Å². The van der Waals surface area contributed by atoms with Crippen LogP contribution in [-0.4, -0.2) is 25.5 Å². The van der Waals surface area contributed by atoms with E-state index in [9.17, 15) is 0 Å². The van der Waals surface area contributed by atoms with Gasteiger partial charge < -0.3 is 10.3 Å². The second-order valence-electron chi connectivity index (χ2n) is 4.32. The zero-order valence-corrected chi connectivity index (χ0v) is 9.55. The lowest BCUT2D eigenvalue weighted by Crippen LogP contribution is -2.27. The summed E-state index contributed by atoms with van der Waals surface area (Å²) in [5.74, 6) is 0.676. The lowest BCUT2D eigenvalue weighted by Gasteiger charge is -2.21. The smallest absolute Gasteiger partial charge is 0.226 e. The summed E-state index contributed by atoms with van der Waals surface area (Å²) < 4.78 is 0. The summed E-state index contributed by atoms with van der Waals surface area (Å²) in [4.78, 5) is 15.1. The summed E-state index contributed by atoms with van der Waals surface area (Å²) in [6.07, 6.45) is 1.57. The highest BCUT2D eigenvalue weighted by Crippen LogP contribution is 2.21. The molecule has 2 aromatic heterocycles. The van der Waals surface area contributed by atoms with Gasteiger partial charge in [-0.1, -0.05) is 0 Å². The average molecular weight is 226 g/mol.